The highest BCUT2D eigenvalue weighted by atomic mass is 32.2. The third kappa shape index (κ3) is 3.73. The number of carboxylic acid groups (broad SMARTS) is 1. The summed E-state index contributed by atoms with van der Waals surface area (Å²) in [6.45, 7) is 3.12. The first-order valence-corrected chi connectivity index (χ1v) is 6.91. The number of nitrogens with two attached hydrogens (primary N) is 1. The minimum Gasteiger partial charge on any atom is -0.481 e. The molecule has 3 N–H and O–H groups in total. The summed E-state index contributed by atoms with van der Waals surface area (Å²) in [5, 5.41) is 14.0. The molecule has 0 aromatic carbocycles. The lowest BCUT2D eigenvalue weighted by atomic mass is 9.82. The van der Waals surface area contributed by atoms with Gasteiger partial charge in [-0.1, -0.05) is 0 Å². The SMILES string of the molecule is CC1(C(=O)O)CCCN(CCS(N)(=O)=O)C1. The molecule has 7 heteroatoms. The Morgan fingerprint density at radius 3 is 2.69 bits per heavy atom. The standard InChI is InChI=1S/C9H18N2O4S/c1-9(8(12)13)3-2-4-11(7-9)5-6-16(10,14)15/h2-7H2,1H3,(H,12,13)(H2,10,14,15). The number of nitrogens with zero attached hydrogens (tertiary/aromatic N) is 1. The van der Waals surface area contributed by atoms with Gasteiger partial charge in [0.05, 0.1) is 11.2 Å². The van der Waals surface area contributed by atoms with Gasteiger partial charge in [-0.3, -0.25) is 4.79 Å². The van der Waals surface area contributed by atoms with Crippen LogP contribution in [0.5, 0.6) is 0 Å². The third-order valence-electron chi connectivity index (χ3n) is 2.98. The highest BCUT2D eigenvalue weighted by Crippen LogP contribution is 2.29. The Morgan fingerprint density at radius 2 is 2.19 bits per heavy atom. The Hall–Kier alpha value is -0.660. The summed E-state index contributed by atoms with van der Waals surface area (Å²) in [4.78, 5) is 12.9. The number of aliphatic carboxylic acids is 1. The zero-order valence-electron chi connectivity index (χ0n) is 9.35. The number of hydrogen-bond acceptors (Lipinski definition) is 4. The second-order valence-corrected chi connectivity index (χ2v) is 6.35. The molecule has 0 aliphatic carbocycles. The summed E-state index contributed by atoms with van der Waals surface area (Å²) in [5.74, 6) is -0.948. The Kier molecular flexibility index (Phi) is 3.92. The highest BCUT2D eigenvalue weighted by Gasteiger charge is 2.37. The van der Waals surface area contributed by atoms with Crippen molar-refractivity contribution in [3.05, 3.63) is 0 Å². The van der Waals surface area contributed by atoms with Crippen LogP contribution in [0, 0.1) is 5.41 Å². The lowest BCUT2D eigenvalue weighted by Crippen LogP contribution is -2.47. The molecule has 0 saturated carbocycles. The molecular weight excluding hydrogens is 232 g/mol. The minimum atomic E-state index is -3.47. The van der Waals surface area contributed by atoms with Crippen LogP contribution in [0.2, 0.25) is 0 Å². The Balaban J connectivity index is 2.55. The fourth-order valence-corrected chi connectivity index (χ4v) is 2.48. The number of sulfonamides is 1. The van der Waals surface area contributed by atoms with Crippen LogP contribution in [-0.2, 0) is 14.8 Å². The van der Waals surface area contributed by atoms with Crippen LogP contribution in [-0.4, -0.2) is 49.8 Å². The van der Waals surface area contributed by atoms with E-state index in [1.165, 1.54) is 0 Å². The highest BCUT2D eigenvalue weighted by molar-refractivity contribution is 7.89. The quantitative estimate of drug-likeness (QED) is 0.698. The van der Waals surface area contributed by atoms with Gasteiger partial charge in [0.1, 0.15) is 0 Å². The van der Waals surface area contributed by atoms with E-state index < -0.39 is 21.4 Å². The summed E-state index contributed by atoms with van der Waals surface area (Å²) in [7, 11) is -3.47. The van der Waals surface area contributed by atoms with Gasteiger partial charge in [0, 0.05) is 13.1 Å². The molecule has 0 bridgehead atoms. The van der Waals surface area contributed by atoms with Gasteiger partial charge in [0.2, 0.25) is 10.0 Å². The smallest absolute Gasteiger partial charge is 0.310 e. The molecule has 1 fully saturated rings. The molecule has 0 radical (unpaired) electrons. The number of carbonyl (C=O) groups is 1. The maximum Gasteiger partial charge on any atom is 0.310 e. The van der Waals surface area contributed by atoms with Crippen molar-refractivity contribution in [1.29, 1.82) is 0 Å². The Labute approximate surface area is 95.5 Å². The summed E-state index contributed by atoms with van der Waals surface area (Å²) < 4.78 is 21.6. The first-order valence-electron chi connectivity index (χ1n) is 5.19. The van der Waals surface area contributed by atoms with Crippen molar-refractivity contribution in [3.63, 3.8) is 0 Å². The van der Waals surface area contributed by atoms with Crippen molar-refractivity contribution in [2.75, 3.05) is 25.4 Å². The molecule has 6 nitrogen and oxygen atoms in total. The van der Waals surface area contributed by atoms with Gasteiger partial charge in [-0.2, -0.15) is 0 Å². The average Bonchev–Trinajstić information content (AvgIpc) is 2.14. The lowest BCUT2D eigenvalue weighted by Gasteiger charge is -2.37. The van der Waals surface area contributed by atoms with E-state index in [4.69, 9.17) is 10.2 Å². The van der Waals surface area contributed by atoms with E-state index in [0.717, 1.165) is 13.0 Å². The first kappa shape index (κ1) is 13.4. The number of likely N-dealkylation sites (tertiary alicyclic amines) is 1. The topological polar surface area (TPSA) is 101 Å². The fraction of sp³-hybridized carbons (Fsp3) is 0.889. The molecule has 1 heterocycles. The van der Waals surface area contributed by atoms with Crippen LogP contribution in [0.1, 0.15) is 19.8 Å². The Morgan fingerprint density at radius 1 is 1.56 bits per heavy atom. The monoisotopic (exact) mass is 250 g/mol. The molecule has 1 unspecified atom stereocenters. The van der Waals surface area contributed by atoms with Crippen LogP contribution in [0.3, 0.4) is 0 Å². The van der Waals surface area contributed by atoms with Gasteiger partial charge in [-0.25, -0.2) is 13.6 Å². The van der Waals surface area contributed by atoms with Gasteiger partial charge in [0.15, 0.2) is 0 Å². The maximum atomic E-state index is 11.1. The van der Waals surface area contributed by atoms with Gasteiger partial charge >= 0.3 is 5.97 Å². The molecule has 0 spiro atoms. The molecular formula is C9H18N2O4S. The number of primary sulfonamides is 1. The normalized spacial score (nSPS) is 27.9. The Bertz CT molecular complexity index is 368. The average molecular weight is 250 g/mol. The van der Waals surface area contributed by atoms with E-state index in [9.17, 15) is 13.2 Å². The molecule has 0 amide bonds. The van der Waals surface area contributed by atoms with E-state index in [1.807, 2.05) is 4.90 Å². The second kappa shape index (κ2) is 4.68. The number of carboxylic acids is 1. The van der Waals surface area contributed by atoms with E-state index in [1.54, 1.807) is 6.92 Å². The number of rotatable bonds is 4. The summed E-state index contributed by atoms with van der Waals surface area (Å²) in [5.41, 5.74) is -0.767. The third-order valence-corrected chi connectivity index (χ3v) is 3.74. The first-order chi connectivity index (χ1) is 7.23. The molecule has 1 saturated heterocycles. The van der Waals surface area contributed by atoms with Gasteiger partial charge in [-0.05, 0) is 26.3 Å². The van der Waals surface area contributed by atoms with E-state index in [0.29, 0.717) is 19.5 Å². The molecule has 16 heavy (non-hydrogen) atoms. The van der Waals surface area contributed by atoms with Gasteiger partial charge < -0.3 is 10.0 Å². The van der Waals surface area contributed by atoms with Gasteiger partial charge in [0.25, 0.3) is 0 Å². The van der Waals surface area contributed by atoms with Crippen LogP contribution >= 0.6 is 0 Å². The van der Waals surface area contributed by atoms with Crippen LogP contribution in [0.25, 0.3) is 0 Å². The zero-order chi connectivity index (χ0) is 12.4. The zero-order valence-corrected chi connectivity index (χ0v) is 10.2. The fourth-order valence-electron chi connectivity index (χ4n) is 1.97. The lowest BCUT2D eigenvalue weighted by molar-refractivity contribution is -0.151. The second-order valence-electron chi connectivity index (χ2n) is 4.61. The van der Waals surface area contributed by atoms with E-state index in [2.05, 4.69) is 0 Å². The van der Waals surface area contributed by atoms with Gasteiger partial charge in [-0.15, -0.1) is 0 Å². The van der Waals surface area contributed by atoms with Crippen LogP contribution in [0.15, 0.2) is 0 Å². The molecule has 0 aromatic heterocycles. The molecule has 0 aromatic rings. The maximum absolute atomic E-state index is 11.1. The molecule has 1 atom stereocenters. The molecule has 1 rings (SSSR count). The molecule has 1 aliphatic heterocycles. The van der Waals surface area contributed by atoms with E-state index >= 15 is 0 Å². The van der Waals surface area contributed by atoms with Crippen molar-refractivity contribution in [2.45, 2.75) is 19.8 Å². The van der Waals surface area contributed by atoms with E-state index in [-0.39, 0.29) is 5.75 Å². The predicted molar refractivity (Wildman–Crippen MR) is 59.4 cm³/mol. The summed E-state index contributed by atoms with van der Waals surface area (Å²) >= 11 is 0. The van der Waals surface area contributed by atoms with Crippen molar-refractivity contribution < 1.29 is 18.3 Å². The van der Waals surface area contributed by atoms with Crippen molar-refractivity contribution in [1.82, 2.24) is 4.90 Å². The largest absolute Gasteiger partial charge is 0.481 e. The number of hydrogen-bond donors (Lipinski definition) is 2. The summed E-state index contributed by atoms with van der Waals surface area (Å²) in [6.07, 6.45) is 1.40. The van der Waals surface area contributed by atoms with Crippen molar-refractivity contribution in [3.8, 4) is 0 Å². The summed E-state index contributed by atoms with van der Waals surface area (Å²) in [6, 6.07) is 0. The minimum absolute atomic E-state index is 0.122. The van der Waals surface area contributed by atoms with Crippen LogP contribution < -0.4 is 5.14 Å². The molecule has 1 aliphatic rings. The predicted octanol–water partition coefficient (Wildman–Crippen LogP) is -0.538. The van der Waals surface area contributed by atoms with Crippen molar-refractivity contribution >= 4 is 16.0 Å². The van der Waals surface area contributed by atoms with Crippen LogP contribution in [0.4, 0.5) is 0 Å². The van der Waals surface area contributed by atoms with Crippen molar-refractivity contribution in [2.24, 2.45) is 10.6 Å². The number of piperidine rings is 1. The molecule has 94 valence electrons.